The zero-order valence-corrected chi connectivity index (χ0v) is 4.80. The van der Waals surface area contributed by atoms with E-state index in [0.29, 0.717) is 0 Å². The maximum absolute atomic E-state index is 8.82. The molecule has 0 amide bonds. The molecule has 50 valence electrons. The number of rotatable bonds is 0. The zero-order chi connectivity index (χ0) is 5.28. The summed E-state index contributed by atoms with van der Waals surface area (Å²) < 4.78 is 0. The van der Waals surface area contributed by atoms with E-state index in [4.69, 9.17) is 10.8 Å². The lowest BCUT2D eigenvalue weighted by Gasteiger charge is -1.96. The molecule has 0 saturated heterocycles. The summed E-state index contributed by atoms with van der Waals surface area (Å²) in [6.07, 6.45) is 2.61. The van der Waals surface area contributed by atoms with Gasteiger partial charge in [-0.2, -0.15) is 0 Å². The molecule has 5 N–H and O–H groups in total. The van der Waals surface area contributed by atoms with E-state index < -0.39 is 0 Å². The van der Waals surface area contributed by atoms with Gasteiger partial charge in [-0.05, 0) is 19.3 Å². The van der Waals surface area contributed by atoms with Gasteiger partial charge >= 0.3 is 0 Å². The Balaban J connectivity index is 0.000000490. The Hall–Kier alpha value is -0.120. The lowest BCUT2D eigenvalue weighted by atomic mass is 10.3. The minimum absolute atomic E-state index is 0. The number of nitrogens with two attached hydrogens (primary N) is 1. The van der Waals surface area contributed by atoms with Gasteiger partial charge in [-0.25, -0.2) is 0 Å². The maximum Gasteiger partial charge on any atom is 0.0555 e. The molecule has 0 aromatic carbocycles. The fourth-order valence-electron chi connectivity index (χ4n) is 0.992. The Bertz CT molecular complexity index is 59.4. The predicted octanol–water partition coefficient (Wildman–Crippen LogP) is -0.966. The quantitative estimate of drug-likeness (QED) is 0.430. The van der Waals surface area contributed by atoms with Gasteiger partial charge in [0.2, 0.25) is 0 Å². The van der Waals surface area contributed by atoms with Crippen molar-refractivity contribution in [3.63, 3.8) is 0 Å². The summed E-state index contributed by atoms with van der Waals surface area (Å²) in [5.41, 5.74) is 5.47. The summed E-state index contributed by atoms with van der Waals surface area (Å²) >= 11 is 0. The average Bonchev–Trinajstić information content (AvgIpc) is 1.87. The summed E-state index contributed by atoms with van der Waals surface area (Å²) in [4.78, 5) is 0. The predicted molar refractivity (Wildman–Crippen MR) is 31.4 cm³/mol. The molecule has 0 aromatic heterocycles. The van der Waals surface area contributed by atoms with Crippen molar-refractivity contribution in [3.05, 3.63) is 0 Å². The van der Waals surface area contributed by atoms with Crippen molar-refractivity contribution in [2.75, 3.05) is 0 Å². The van der Waals surface area contributed by atoms with Crippen LogP contribution in [0.15, 0.2) is 0 Å². The smallest absolute Gasteiger partial charge is 0.0555 e. The van der Waals surface area contributed by atoms with Crippen LogP contribution in [-0.4, -0.2) is 22.7 Å². The summed E-state index contributed by atoms with van der Waals surface area (Å²) in [6.45, 7) is 0. The van der Waals surface area contributed by atoms with Crippen molar-refractivity contribution in [2.24, 2.45) is 5.73 Å². The summed E-state index contributed by atoms with van der Waals surface area (Å²) in [6, 6.07) is 0.273. The van der Waals surface area contributed by atoms with Crippen LogP contribution >= 0.6 is 0 Å². The van der Waals surface area contributed by atoms with Crippen LogP contribution in [0, 0.1) is 0 Å². The van der Waals surface area contributed by atoms with E-state index in [-0.39, 0.29) is 17.6 Å². The molecule has 3 nitrogen and oxygen atoms in total. The van der Waals surface area contributed by atoms with Gasteiger partial charge in [0.25, 0.3) is 0 Å². The highest BCUT2D eigenvalue weighted by Gasteiger charge is 2.18. The highest BCUT2D eigenvalue weighted by molar-refractivity contribution is 4.76. The Labute approximate surface area is 48.8 Å². The number of hydrogen-bond donors (Lipinski definition) is 2. The van der Waals surface area contributed by atoms with Crippen molar-refractivity contribution in [2.45, 2.75) is 31.4 Å². The van der Waals surface area contributed by atoms with E-state index in [2.05, 4.69) is 0 Å². The molecule has 0 radical (unpaired) electrons. The highest BCUT2D eigenvalue weighted by Crippen LogP contribution is 2.15. The molecule has 1 rings (SSSR count). The molecule has 0 unspecified atom stereocenters. The Morgan fingerprint density at radius 1 is 1.38 bits per heavy atom. The summed E-state index contributed by atoms with van der Waals surface area (Å²) in [5.74, 6) is 0. The molecule has 0 heterocycles. The molecule has 0 spiro atoms. The number of aliphatic hydroxyl groups is 1. The first-order valence-electron chi connectivity index (χ1n) is 2.72. The summed E-state index contributed by atoms with van der Waals surface area (Å²) in [7, 11) is 0. The van der Waals surface area contributed by atoms with Gasteiger partial charge < -0.3 is 16.3 Å². The van der Waals surface area contributed by atoms with Gasteiger partial charge in [0.1, 0.15) is 0 Å². The van der Waals surface area contributed by atoms with Crippen LogP contribution in [0.3, 0.4) is 0 Å². The highest BCUT2D eigenvalue weighted by atomic mass is 16.3. The Morgan fingerprint density at radius 3 is 2.12 bits per heavy atom. The van der Waals surface area contributed by atoms with E-state index in [1.807, 2.05) is 0 Å². The van der Waals surface area contributed by atoms with E-state index in [1.54, 1.807) is 0 Å². The average molecular weight is 119 g/mol. The number of hydrogen-bond acceptors (Lipinski definition) is 2. The van der Waals surface area contributed by atoms with Crippen molar-refractivity contribution >= 4 is 0 Å². The van der Waals surface area contributed by atoms with E-state index in [9.17, 15) is 0 Å². The molecule has 1 aliphatic rings. The molecule has 1 aliphatic carbocycles. The molecular formula is C5H13NO2. The van der Waals surface area contributed by atoms with E-state index in [0.717, 1.165) is 19.3 Å². The largest absolute Gasteiger partial charge is 0.412 e. The second kappa shape index (κ2) is 3.02. The van der Waals surface area contributed by atoms with Gasteiger partial charge in [0.15, 0.2) is 0 Å². The van der Waals surface area contributed by atoms with Crippen LogP contribution in [0.4, 0.5) is 0 Å². The fourth-order valence-corrected chi connectivity index (χ4v) is 0.992. The topological polar surface area (TPSA) is 77.8 Å². The van der Waals surface area contributed by atoms with Gasteiger partial charge in [0.05, 0.1) is 6.10 Å². The normalized spacial score (nSPS) is 36.8. The van der Waals surface area contributed by atoms with E-state index in [1.165, 1.54) is 0 Å². The minimum atomic E-state index is -0.102. The van der Waals surface area contributed by atoms with Crippen LogP contribution in [0.25, 0.3) is 0 Å². The van der Waals surface area contributed by atoms with Gasteiger partial charge in [-0.3, -0.25) is 0 Å². The SMILES string of the molecule is N[C@H]1CC[C@@H](O)C1.O. The Kier molecular flexibility index (Phi) is 2.97. The Morgan fingerprint density at radius 2 is 2.00 bits per heavy atom. The third-order valence-corrected chi connectivity index (χ3v) is 1.45. The van der Waals surface area contributed by atoms with Crippen molar-refractivity contribution in [1.29, 1.82) is 0 Å². The summed E-state index contributed by atoms with van der Waals surface area (Å²) in [5, 5.41) is 8.82. The van der Waals surface area contributed by atoms with Gasteiger partial charge in [0, 0.05) is 6.04 Å². The lowest BCUT2D eigenvalue weighted by Crippen LogP contribution is -2.15. The molecule has 3 heteroatoms. The molecule has 0 aliphatic heterocycles. The minimum Gasteiger partial charge on any atom is -0.412 e. The van der Waals surface area contributed by atoms with Gasteiger partial charge in [-0.15, -0.1) is 0 Å². The van der Waals surface area contributed by atoms with Crippen molar-refractivity contribution in [1.82, 2.24) is 0 Å². The second-order valence-corrected chi connectivity index (χ2v) is 2.23. The third kappa shape index (κ3) is 1.78. The monoisotopic (exact) mass is 119 g/mol. The first-order valence-corrected chi connectivity index (χ1v) is 2.72. The van der Waals surface area contributed by atoms with Gasteiger partial charge in [-0.1, -0.05) is 0 Å². The zero-order valence-electron chi connectivity index (χ0n) is 4.80. The molecule has 8 heavy (non-hydrogen) atoms. The van der Waals surface area contributed by atoms with Crippen LogP contribution in [0.2, 0.25) is 0 Å². The van der Waals surface area contributed by atoms with E-state index >= 15 is 0 Å². The third-order valence-electron chi connectivity index (χ3n) is 1.45. The molecular weight excluding hydrogens is 106 g/mol. The molecule has 1 saturated carbocycles. The van der Waals surface area contributed by atoms with Crippen molar-refractivity contribution < 1.29 is 10.6 Å². The lowest BCUT2D eigenvalue weighted by molar-refractivity contribution is 0.181. The maximum atomic E-state index is 8.82. The van der Waals surface area contributed by atoms with Crippen LogP contribution in [0.5, 0.6) is 0 Å². The number of aliphatic hydroxyl groups excluding tert-OH is 1. The van der Waals surface area contributed by atoms with Crippen LogP contribution in [0.1, 0.15) is 19.3 Å². The first kappa shape index (κ1) is 7.88. The van der Waals surface area contributed by atoms with Crippen molar-refractivity contribution in [3.8, 4) is 0 Å². The van der Waals surface area contributed by atoms with Crippen LogP contribution < -0.4 is 5.73 Å². The molecule has 2 atom stereocenters. The second-order valence-electron chi connectivity index (χ2n) is 2.23. The first-order chi connectivity index (χ1) is 3.29. The molecule has 1 fully saturated rings. The standard InChI is InChI=1S/C5H11NO.H2O/c6-4-1-2-5(7)3-4;/h4-5,7H,1-3,6H2;1H2/t4-,5+;/m0./s1. The van der Waals surface area contributed by atoms with Crippen LogP contribution in [-0.2, 0) is 0 Å². The molecule has 0 bridgehead atoms. The molecule has 0 aromatic rings. The fraction of sp³-hybridized carbons (Fsp3) is 1.00.